The molecule has 2 aromatic rings. The summed E-state index contributed by atoms with van der Waals surface area (Å²) in [6.07, 6.45) is 0. The van der Waals surface area contributed by atoms with E-state index >= 15 is 0 Å². The lowest BCUT2D eigenvalue weighted by Crippen LogP contribution is -2.35. The summed E-state index contributed by atoms with van der Waals surface area (Å²) < 4.78 is 10.2. The second kappa shape index (κ2) is 9.91. The molecule has 3 rings (SSSR count). The van der Waals surface area contributed by atoms with E-state index in [2.05, 4.69) is 0 Å². The molecule has 0 aromatic heterocycles. The zero-order valence-corrected chi connectivity index (χ0v) is 20.1. The zero-order chi connectivity index (χ0) is 24.4. The molecule has 2 N–H and O–H groups in total. The summed E-state index contributed by atoms with van der Waals surface area (Å²) in [7, 11) is 6.49. The maximum atomic E-state index is 13.1. The number of aliphatic hydroxyl groups excluding tert-OH is 1. The molecule has 0 saturated carbocycles. The highest BCUT2D eigenvalue weighted by Crippen LogP contribution is 2.43. The molecule has 1 amide bonds. The minimum absolute atomic E-state index is 0.132. The Hall–Kier alpha value is -2.94. The summed E-state index contributed by atoms with van der Waals surface area (Å²) in [6.45, 7) is 0.696. The van der Waals surface area contributed by atoms with Crippen molar-refractivity contribution in [3.05, 3.63) is 57.1 Å². The summed E-state index contributed by atoms with van der Waals surface area (Å²) in [5.41, 5.74) is 0.443. The van der Waals surface area contributed by atoms with Gasteiger partial charge in [-0.25, -0.2) is 0 Å². The number of ketones is 1. The molecule has 1 aliphatic rings. The van der Waals surface area contributed by atoms with Crippen LogP contribution in [0, 0.1) is 0 Å². The van der Waals surface area contributed by atoms with E-state index < -0.39 is 23.5 Å². The monoisotopic (exact) mass is 494 g/mol. The van der Waals surface area contributed by atoms with E-state index in [-0.39, 0.29) is 45.0 Å². The van der Waals surface area contributed by atoms with Crippen molar-refractivity contribution >= 4 is 40.7 Å². The normalized spacial score (nSPS) is 17.7. The number of likely N-dealkylation sites (tertiary alicyclic amines) is 1. The minimum Gasteiger partial charge on any atom is -0.507 e. The van der Waals surface area contributed by atoms with Gasteiger partial charge in [0.2, 0.25) is 0 Å². The number of carbonyl (C=O) groups excluding carboxylic acids is 2. The average Bonchev–Trinajstić information content (AvgIpc) is 3.01. The quantitative estimate of drug-likeness (QED) is 0.343. The molecule has 10 heteroatoms. The molecular weight excluding hydrogens is 471 g/mol. The van der Waals surface area contributed by atoms with Gasteiger partial charge in [0.25, 0.3) is 11.7 Å². The summed E-state index contributed by atoms with van der Waals surface area (Å²) in [5, 5.41) is 21.7. The van der Waals surface area contributed by atoms with Gasteiger partial charge < -0.3 is 29.5 Å². The van der Waals surface area contributed by atoms with Crippen LogP contribution in [0.15, 0.2) is 35.9 Å². The van der Waals surface area contributed by atoms with Gasteiger partial charge in [0.1, 0.15) is 5.76 Å². The predicted octanol–water partition coefficient (Wildman–Crippen LogP) is 3.70. The molecule has 0 radical (unpaired) electrons. The van der Waals surface area contributed by atoms with Crippen LogP contribution in [0.4, 0.5) is 0 Å². The van der Waals surface area contributed by atoms with Crippen molar-refractivity contribution in [3.63, 3.8) is 0 Å². The van der Waals surface area contributed by atoms with Crippen molar-refractivity contribution in [2.24, 2.45) is 0 Å². The van der Waals surface area contributed by atoms with Crippen LogP contribution in [-0.4, -0.2) is 73.1 Å². The Balaban J connectivity index is 2.21. The summed E-state index contributed by atoms with van der Waals surface area (Å²) >= 11 is 12.4. The van der Waals surface area contributed by atoms with Gasteiger partial charge in [-0.1, -0.05) is 29.3 Å². The minimum atomic E-state index is -0.943. The van der Waals surface area contributed by atoms with Gasteiger partial charge in [-0.3, -0.25) is 9.59 Å². The number of hydrogen-bond acceptors (Lipinski definition) is 7. The number of hydrogen-bond donors (Lipinski definition) is 2. The van der Waals surface area contributed by atoms with Crippen molar-refractivity contribution in [1.29, 1.82) is 0 Å². The van der Waals surface area contributed by atoms with E-state index in [0.717, 1.165) is 0 Å². The average molecular weight is 495 g/mol. The Labute approximate surface area is 201 Å². The highest BCUT2D eigenvalue weighted by molar-refractivity contribution is 6.46. The number of phenolic OH excluding ortho intramolecular Hbond substituents is 1. The highest BCUT2D eigenvalue weighted by atomic mass is 35.5. The Bertz CT molecular complexity index is 1110. The molecular formula is C23H24Cl2N2O6. The van der Waals surface area contributed by atoms with Gasteiger partial charge in [-0.15, -0.1) is 0 Å². The molecule has 1 fully saturated rings. The third-order valence-corrected chi connectivity index (χ3v) is 5.88. The number of Topliss-reactive ketones (excluding diaryl/α,β-unsaturated/α-hetero) is 1. The first-order valence-corrected chi connectivity index (χ1v) is 10.7. The van der Waals surface area contributed by atoms with Gasteiger partial charge in [0.05, 0.1) is 35.9 Å². The molecule has 176 valence electrons. The lowest BCUT2D eigenvalue weighted by atomic mass is 9.95. The number of halogens is 2. The van der Waals surface area contributed by atoms with Crippen LogP contribution in [0.2, 0.25) is 10.0 Å². The second-order valence-corrected chi connectivity index (χ2v) is 8.51. The molecule has 33 heavy (non-hydrogen) atoms. The maximum Gasteiger partial charge on any atom is 0.295 e. The third kappa shape index (κ3) is 4.73. The van der Waals surface area contributed by atoms with E-state index in [4.69, 9.17) is 32.7 Å². The van der Waals surface area contributed by atoms with Crippen LogP contribution in [0.3, 0.4) is 0 Å². The predicted molar refractivity (Wildman–Crippen MR) is 125 cm³/mol. The molecule has 1 atom stereocenters. The summed E-state index contributed by atoms with van der Waals surface area (Å²) in [5.74, 6) is -1.76. The van der Waals surface area contributed by atoms with Gasteiger partial charge in [0, 0.05) is 18.7 Å². The number of aliphatic hydroxyl groups is 1. The topological polar surface area (TPSA) is 99.5 Å². The van der Waals surface area contributed by atoms with Gasteiger partial charge in [-0.2, -0.15) is 0 Å². The van der Waals surface area contributed by atoms with Crippen LogP contribution in [-0.2, 0) is 9.59 Å². The summed E-state index contributed by atoms with van der Waals surface area (Å²) in [4.78, 5) is 29.2. The molecule has 0 spiro atoms. The Morgan fingerprint density at radius 2 is 1.73 bits per heavy atom. The number of aromatic hydroxyl groups is 1. The first-order chi connectivity index (χ1) is 15.6. The molecule has 1 heterocycles. The van der Waals surface area contributed by atoms with Crippen molar-refractivity contribution < 1.29 is 29.3 Å². The van der Waals surface area contributed by atoms with E-state index in [1.807, 2.05) is 19.0 Å². The van der Waals surface area contributed by atoms with Crippen molar-refractivity contribution in [1.82, 2.24) is 9.80 Å². The number of benzene rings is 2. The molecule has 8 nitrogen and oxygen atoms in total. The van der Waals surface area contributed by atoms with Gasteiger partial charge in [0.15, 0.2) is 17.2 Å². The molecule has 1 saturated heterocycles. The van der Waals surface area contributed by atoms with Gasteiger partial charge >= 0.3 is 0 Å². The first kappa shape index (κ1) is 24.7. The van der Waals surface area contributed by atoms with Gasteiger partial charge in [-0.05, 0) is 43.9 Å². The first-order valence-electron chi connectivity index (χ1n) is 9.94. The molecule has 1 aliphatic heterocycles. The van der Waals surface area contributed by atoms with Crippen molar-refractivity contribution in [2.75, 3.05) is 41.4 Å². The van der Waals surface area contributed by atoms with Crippen LogP contribution < -0.4 is 9.47 Å². The number of nitrogens with zero attached hydrogens (tertiary/aromatic N) is 2. The molecule has 0 aliphatic carbocycles. The fourth-order valence-electron chi connectivity index (χ4n) is 3.69. The molecule has 2 aromatic carbocycles. The highest BCUT2D eigenvalue weighted by Gasteiger charge is 2.46. The largest absolute Gasteiger partial charge is 0.507 e. The zero-order valence-electron chi connectivity index (χ0n) is 18.6. The van der Waals surface area contributed by atoms with Crippen LogP contribution >= 0.6 is 23.2 Å². The molecule has 1 unspecified atom stereocenters. The number of phenols is 1. The van der Waals surface area contributed by atoms with Crippen LogP contribution in [0.5, 0.6) is 17.2 Å². The molecule has 0 bridgehead atoms. The number of ether oxygens (including phenoxy) is 2. The lowest BCUT2D eigenvalue weighted by Gasteiger charge is -2.27. The maximum absolute atomic E-state index is 13.1. The van der Waals surface area contributed by atoms with Crippen LogP contribution in [0.1, 0.15) is 17.2 Å². The standard InChI is InChI=1S/C23H24Cl2N2O6/c1-26(2)7-8-27-19(12-5-6-17(32-3)16(28)11-12)18(21(30)23(27)31)20(29)13-9-14(24)22(33-4)15(25)10-13/h5-6,9-11,19,28-29H,7-8H2,1-4H3/b20-18+. The van der Waals surface area contributed by atoms with E-state index in [1.165, 1.54) is 43.4 Å². The second-order valence-electron chi connectivity index (χ2n) is 7.70. The number of carbonyl (C=O) groups is 2. The Kier molecular flexibility index (Phi) is 7.41. The summed E-state index contributed by atoms with van der Waals surface area (Å²) in [6, 6.07) is 6.41. The number of methoxy groups -OCH3 is 2. The third-order valence-electron chi connectivity index (χ3n) is 5.32. The van der Waals surface area contributed by atoms with E-state index in [1.54, 1.807) is 6.07 Å². The van der Waals surface area contributed by atoms with E-state index in [0.29, 0.717) is 12.1 Å². The number of rotatable bonds is 7. The number of amides is 1. The Morgan fingerprint density at radius 3 is 2.24 bits per heavy atom. The Morgan fingerprint density at radius 1 is 1.09 bits per heavy atom. The van der Waals surface area contributed by atoms with Crippen molar-refractivity contribution in [3.8, 4) is 17.2 Å². The SMILES string of the molecule is COc1ccc(C2/C(=C(\O)c3cc(Cl)c(OC)c(Cl)c3)C(=O)C(=O)N2CCN(C)C)cc1O. The van der Waals surface area contributed by atoms with Crippen LogP contribution in [0.25, 0.3) is 5.76 Å². The number of likely N-dealkylation sites (N-methyl/N-ethyl adjacent to an activating group) is 1. The smallest absolute Gasteiger partial charge is 0.295 e. The van der Waals surface area contributed by atoms with E-state index in [9.17, 15) is 19.8 Å². The fraction of sp³-hybridized carbons (Fsp3) is 0.304. The fourth-order valence-corrected chi connectivity index (χ4v) is 4.33. The lowest BCUT2D eigenvalue weighted by molar-refractivity contribution is -0.140. The van der Waals surface area contributed by atoms with Crippen molar-refractivity contribution in [2.45, 2.75) is 6.04 Å².